The summed E-state index contributed by atoms with van der Waals surface area (Å²) in [4.78, 5) is 16.1. The number of piperidine rings is 1. The van der Waals surface area contributed by atoms with Crippen LogP contribution in [-0.4, -0.2) is 60.6 Å². The fraction of sp³-hybridized carbons (Fsp3) is 0.562. The van der Waals surface area contributed by atoms with Crippen molar-refractivity contribution in [2.45, 2.75) is 24.8 Å². The Bertz CT molecular complexity index is 425. The van der Waals surface area contributed by atoms with Crippen LogP contribution in [0.2, 0.25) is 0 Å². The van der Waals surface area contributed by atoms with Crippen molar-refractivity contribution in [1.82, 2.24) is 9.80 Å². The van der Waals surface area contributed by atoms with Gasteiger partial charge in [-0.3, -0.25) is 4.79 Å². The number of nitrogens with zero attached hydrogens (tertiary/aromatic N) is 2. The van der Waals surface area contributed by atoms with E-state index in [2.05, 4.69) is 23.9 Å². The highest BCUT2D eigenvalue weighted by molar-refractivity contribution is 5.76. The summed E-state index contributed by atoms with van der Waals surface area (Å²) in [6, 6.07) is 10.2. The molecule has 2 rings (SSSR count). The Kier molecular flexibility index (Phi) is 5.15. The van der Waals surface area contributed by atoms with E-state index in [9.17, 15) is 9.90 Å². The van der Waals surface area contributed by atoms with E-state index in [0.29, 0.717) is 12.6 Å². The van der Waals surface area contributed by atoms with Crippen LogP contribution >= 0.6 is 0 Å². The van der Waals surface area contributed by atoms with Gasteiger partial charge in [0.25, 0.3) is 0 Å². The molecule has 4 nitrogen and oxygen atoms in total. The van der Waals surface area contributed by atoms with E-state index < -0.39 is 11.9 Å². The number of benzene rings is 1. The number of carbonyl (C=O) groups is 1. The monoisotopic (exact) mass is 276 g/mol. The lowest BCUT2D eigenvalue weighted by Crippen LogP contribution is -2.44. The number of hydrogen-bond acceptors (Lipinski definition) is 3. The Morgan fingerprint density at radius 3 is 2.40 bits per heavy atom. The normalized spacial score (nSPS) is 19.1. The molecule has 110 valence electrons. The zero-order chi connectivity index (χ0) is 14.5. The first kappa shape index (κ1) is 15.0. The van der Waals surface area contributed by atoms with Gasteiger partial charge in [0, 0.05) is 12.6 Å². The zero-order valence-corrected chi connectivity index (χ0v) is 12.3. The minimum atomic E-state index is -0.731. The summed E-state index contributed by atoms with van der Waals surface area (Å²) in [5.74, 6) is -1.15. The van der Waals surface area contributed by atoms with E-state index in [1.807, 2.05) is 30.3 Å². The van der Waals surface area contributed by atoms with Crippen LogP contribution < -0.4 is 0 Å². The third-order valence-electron chi connectivity index (χ3n) is 4.23. The molecule has 1 aliphatic rings. The molecule has 1 aromatic carbocycles. The average molecular weight is 276 g/mol. The van der Waals surface area contributed by atoms with Gasteiger partial charge in [-0.1, -0.05) is 30.3 Å². The molecule has 0 aromatic heterocycles. The van der Waals surface area contributed by atoms with Crippen LogP contribution in [-0.2, 0) is 4.79 Å². The zero-order valence-electron chi connectivity index (χ0n) is 12.3. The minimum absolute atomic E-state index is 0.424. The first-order valence-corrected chi connectivity index (χ1v) is 7.24. The van der Waals surface area contributed by atoms with E-state index in [1.54, 1.807) is 0 Å². The summed E-state index contributed by atoms with van der Waals surface area (Å²) in [5.41, 5.74) is 0.898. The van der Waals surface area contributed by atoms with Crippen LogP contribution in [0.1, 0.15) is 24.3 Å². The molecule has 1 aliphatic heterocycles. The Morgan fingerprint density at radius 2 is 1.90 bits per heavy atom. The lowest BCUT2D eigenvalue weighted by molar-refractivity contribution is -0.139. The van der Waals surface area contributed by atoms with Crippen molar-refractivity contribution in [3.8, 4) is 0 Å². The largest absolute Gasteiger partial charge is 0.481 e. The second-order valence-corrected chi connectivity index (χ2v) is 5.80. The maximum atomic E-state index is 11.5. The van der Waals surface area contributed by atoms with Crippen LogP contribution in [0.3, 0.4) is 0 Å². The fourth-order valence-electron chi connectivity index (χ4n) is 2.89. The Balaban J connectivity index is 1.95. The van der Waals surface area contributed by atoms with Crippen LogP contribution in [0.25, 0.3) is 0 Å². The van der Waals surface area contributed by atoms with Crippen molar-refractivity contribution in [3.63, 3.8) is 0 Å². The molecule has 4 heteroatoms. The number of hydrogen-bond donors (Lipinski definition) is 1. The molecule has 20 heavy (non-hydrogen) atoms. The third-order valence-corrected chi connectivity index (χ3v) is 4.23. The highest BCUT2D eigenvalue weighted by atomic mass is 16.4. The maximum absolute atomic E-state index is 11.5. The molecule has 1 unspecified atom stereocenters. The molecule has 1 fully saturated rings. The van der Waals surface area contributed by atoms with Gasteiger partial charge in [-0.15, -0.1) is 0 Å². The molecule has 1 aromatic rings. The van der Waals surface area contributed by atoms with Crippen LogP contribution in [0.5, 0.6) is 0 Å². The predicted octanol–water partition coefficient (Wildman–Crippen LogP) is 1.88. The molecule has 1 saturated heterocycles. The van der Waals surface area contributed by atoms with Crippen molar-refractivity contribution in [1.29, 1.82) is 0 Å². The summed E-state index contributed by atoms with van der Waals surface area (Å²) in [5, 5.41) is 9.46. The second-order valence-electron chi connectivity index (χ2n) is 5.80. The van der Waals surface area contributed by atoms with Gasteiger partial charge in [0.1, 0.15) is 0 Å². The van der Waals surface area contributed by atoms with Crippen molar-refractivity contribution in [2.24, 2.45) is 0 Å². The average Bonchev–Trinajstić information content (AvgIpc) is 2.46. The van der Waals surface area contributed by atoms with Gasteiger partial charge in [-0.25, -0.2) is 0 Å². The highest BCUT2D eigenvalue weighted by Crippen LogP contribution is 2.21. The van der Waals surface area contributed by atoms with E-state index >= 15 is 0 Å². The number of likely N-dealkylation sites (tertiary alicyclic amines) is 1. The van der Waals surface area contributed by atoms with Gasteiger partial charge >= 0.3 is 5.97 Å². The molecule has 1 atom stereocenters. The summed E-state index contributed by atoms with van der Waals surface area (Å²) in [6.07, 6.45) is 2.24. The summed E-state index contributed by atoms with van der Waals surface area (Å²) >= 11 is 0. The van der Waals surface area contributed by atoms with Crippen molar-refractivity contribution in [2.75, 3.05) is 33.7 Å². The van der Waals surface area contributed by atoms with Crippen LogP contribution in [0.15, 0.2) is 30.3 Å². The van der Waals surface area contributed by atoms with E-state index in [-0.39, 0.29) is 0 Å². The van der Waals surface area contributed by atoms with Gasteiger partial charge in [-0.05, 0) is 45.6 Å². The van der Waals surface area contributed by atoms with Gasteiger partial charge < -0.3 is 14.9 Å². The molecule has 1 N–H and O–H groups in total. The Hall–Kier alpha value is -1.39. The Morgan fingerprint density at radius 1 is 1.30 bits per heavy atom. The highest BCUT2D eigenvalue weighted by Gasteiger charge is 2.26. The summed E-state index contributed by atoms with van der Waals surface area (Å²) < 4.78 is 0. The van der Waals surface area contributed by atoms with Crippen molar-refractivity contribution < 1.29 is 9.90 Å². The molecule has 1 heterocycles. The summed E-state index contributed by atoms with van der Waals surface area (Å²) in [7, 11) is 4.23. The molecule has 0 aliphatic carbocycles. The SMILES string of the molecule is CN(C)C1CCN(CC(C(=O)O)c2ccccc2)CC1. The number of carboxylic acid groups (broad SMARTS) is 1. The molecular weight excluding hydrogens is 252 g/mol. The predicted molar refractivity (Wildman–Crippen MR) is 80.0 cm³/mol. The van der Waals surface area contributed by atoms with Gasteiger partial charge in [-0.2, -0.15) is 0 Å². The van der Waals surface area contributed by atoms with E-state index in [0.717, 1.165) is 31.5 Å². The van der Waals surface area contributed by atoms with Crippen LogP contribution in [0, 0.1) is 0 Å². The number of rotatable bonds is 5. The van der Waals surface area contributed by atoms with Crippen LogP contribution in [0.4, 0.5) is 0 Å². The quantitative estimate of drug-likeness (QED) is 0.892. The van der Waals surface area contributed by atoms with E-state index in [4.69, 9.17) is 0 Å². The molecule has 0 radical (unpaired) electrons. The molecule has 0 bridgehead atoms. The standard InChI is InChI=1S/C16H24N2O2/c1-17(2)14-8-10-18(11-9-14)12-15(16(19)20)13-6-4-3-5-7-13/h3-7,14-15H,8-12H2,1-2H3,(H,19,20). The minimum Gasteiger partial charge on any atom is -0.481 e. The molecular formula is C16H24N2O2. The van der Waals surface area contributed by atoms with Crippen molar-refractivity contribution >= 4 is 5.97 Å². The van der Waals surface area contributed by atoms with Gasteiger partial charge in [0.2, 0.25) is 0 Å². The second kappa shape index (κ2) is 6.86. The van der Waals surface area contributed by atoms with Crippen molar-refractivity contribution in [3.05, 3.63) is 35.9 Å². The first-order valence-electron chi connectivity index (χ1n) is 7.24. The first-order chi connectivity index (χ1) is 9.58. The molecule has 0 saturated carbocycles. The number of carboxylic acids is 1. The smallest absolute Gasteiger partial charge is 0.312 e. The maximum Gasteiger partial charge on any atom is 0.312 e. The number of aliphatic carboxylic acids is 1. The third kappa shape index (κ3) is 3.81. The Labute approximate surface area is 121 Å². The molecule has 0 spiro atoms. The van der Waals surface area contributed by atoms with E-state index in [1.165, 1.54) is 0 Å². The summed E-state index contributed by atoms with van der Waals surface area (Å²) in [6.45, 7) is 2.58. The fourth-order valence-corrected chi connectivity index (χ4v) is 2.89. The van der Waals surface area contributed by atoms with Gasteiger partial charge in [0.05, 0.1) is 5.92 Å². The topological polar surface area (TPSA) is 43.8 Å². The van der Waals surface area contributed by atoms with Gasteiger partial charge in [0.15, 0.2) is 0 Å². The lowest BCUT2D eigenvalue weighted by Gasteiger charge is -2.36. The lowest BCUT2D eigenvalue weighted by atomic mass is 9.96. The molecule has 0 amide bonds.